The molecule has 0 aliphatic rings. The van der Waals surface area contributed by atoms with Crippen LogP contribution in [0.25, 0.3) is 0 Å². The van der Waals surface area contributed by atoms with Crippen LogP contribution in [-0.4, -0.2) is 46.2 Å². The van der Waals surface area contributed by atoms with Gasteiger partial charge in [-0.1, -0.05) is 23.9 Å². The van der Waals surface area contributed by atoms with E-state index in [2.05, 4.69) is 30.8 Å². The van der Waals surface area contributed by atoms with Crippen LogP contribution in [0.15, 0.2) is 58.8 Å². The zero-order valence-electron chi connectivity index (χ0n) is 17.0. The van der Waals surface area contributed by atoms with E-state index in [0.717, 1.165) is 34.1 Å². The van der Waals surface area contributed by atoms with Crippen LogP contribution >= 0.6 is 11.8 Å². The fraction of sp³-hybridized carbons (Fsp3) is 0.158. The highest BCUT2D eigenvalue weighted by molar-refractivity contribution is 7.99. The van der Waals surface area contributed by atoms with Gasteiger partial charge >= 0.3 is 6.36 Å². The molecular formula is C19H18F3N7O3S. The molecule has 0 radical (unpaired) electrons. The predicted molar refractivity (Wildman–Crippen MR) is 117 cm³/mol. The maximum absolute atomic E-state index is 12.2. The minimum atomic E-state index is -4.78. The van der Waals surface area contributed by atoms with Gasteiger partial charge in [0.05, 0.1) is 19.1 Å². The molecule has 2 aromatic carbocycles. The molecular weight excluding hydrogens is 463 g/mol. The van der Waals surface area contributed by atoms with Crippen molar-refractivity contribution in [1.29, 1.82) is 0 Å². The van der Waals surface area contributed by atoms with E-state index < -0.39 is 12.3 Å². The highest BCUT2D eigenvalue weighted by Gasteiger charge is 2.30. The Morgan fingerprint density at radius 2 is 1.94 bits per heavy atom. The van der Waals surface area contributed by atoms with Crippen LogP contribution in [0.2, 0.25) is 0 Å². The summed E-state index contributed by atoms with van der Waals surface area (Å²) in [6.07, 6.45) is -3.26. The van der Waals surface area contributed by atoms with Gasteiger partial charge in [0.25, 0.3) is 5.95 Å². The molecule has 0 spiro atoms. The van der Waals surface area contributed by atoms with E-state index in [-0.39, 0.29) is 22.6 Å². The van der Waals surface area contributed by atoms with Crippen molar-refractivity contribution in [1.82, 2.24) is 14.9 Å². The van der Waals surface area contributed by atoms with Crippen molar-refractivity contribution >= 4 is 35.5 Å². The number of nitrogens with one attached hydrogen (secondary N) is 2. The second-order valence-electron chi connectivity index (χ2n) is 6.20. The van der Waals surface area contributed by atoms with Gasteiger partial charge in [-0.15, -0.1) is 23.4 Å². The van der Waals surface area contributed by atoms with Crippen molar-refractivity contribution in [3.63, 3.8) is 0 Å². The summed E-state index contributed by atoms with van der Waals surface area (Å²) in [6, 6.07) is 12.0. The first-order chi connectivity index (χ1) is 15.7. The molecule has 0 saturated carbocycles. The lowest BCUT2D eigenvalue weighted by Crippen LogP contribution is -2.18. The standard InChI is InChI=1S/C19H18F3N7O3S/c1-31-15-5-3-2-4-12(15)10-24-26-17-27-28-18(29(17)23)33-11-16(30)25-13-6-8-14(9-7-13)32-19(20,21)22/h2-10H,11,23H2,1H3,(H,25,30)(H,26,27)/b24-10+. The lowest BCUT2D eigenvalue weighted by Gasteiger charge is -2.10. The third-order valence-electron chi connectivity index (χ3n) is 3.88. The molecule has 1 heterocycles. The van der Waals surface area contributed by atoms with Gasteiger partial charge in [-0.3, -0.25) is 4.79 Å². The summed E-state index contributed by atoms with van der Waals surface area (Å²) in [7, 11) is 1.55. The molecule has 3 rings (SSSR count). The van der Waals surface area contributed by atoms with Crippen LogP contribution in [-0.2, 0) is 4.79 Å². The number of hydrazone groups is 1. The third kappa shape index (κ3) is 7.03. The minimum absolute atomic E-state index is 0.0688. The van der Waals surface area contributed by atoms with Crippen LogP contribution < -0.4 is 26.1 Å². The molecule has 14 heteroatoms. The number of nitrogen functional groups attached to an aromatic ring is 1. The first kappa shape index (κ1) is 23.7. The molecule has 0 bridgehead atoms. The molecule has 1 aromatic heterocycles. The van der Waals surface area contributed by atoms with E-state index in [1.165, 1.54) is 18.3 Å². The topological polar surface area (TPSA) is 129 Å². The molecule has 0 fully saturated rings. The number of carbonyl (C=O) groups excluding carboxylic acids is 1. The molecule has 4 N–H and O–H groups in total. The normalized spacial score (nSPS) is 11.4. The van der Waals surface area contributed by atoms with Gasteiger partial charge in [0, 0.05) is 11.3 Å². The number of para-hydroxylation sites is 1. The van der Waals surface area contributed by atoms with E-state index in [4.69, 9.17) is 10.6 Å². The number of amides is 1. The number of nitrogens with two attached hydrogens (primary N) is 1. The summed E-state index contributed by atoms with van der Waals surface area (Å²) in [4.78, 5) is 12.1. The number of rotatable bonds is 9. The molecule has 33 heavy (non-hydrogen) atoms. The number of anilines is 2. The number of methoxy groups -OCH3 is 1. The van der Waals surface area contributed by atoms with Crippen molar-refractivity contribution in [3.05, 3.63) is 54.1 Å². The largest absolute Gasteiger partial charge is 0.573 e. The minimum Gasteiger partial charge on any atom is -0.496 e. The molecule has 1 amide bonds. The third-order valence-corrected chi connectivity index (χ3v) is 4.82. The maximum atomic E-state index is 12.2. The molecule has 0 aliphatic heterocycles. The quantitative estimate of drug-likeness (QED) is 0.184. The average molecular weight is 481 g/mol. The second-order valence-corrected chi connectivity index (χ2v) is 7.14. The SMILES string of the molecule is COc1ccccc1/C=N/Nc1nnc(SCC(=O)Nc2ccc(OC(F)(F)F)cc2)n1N. The van der Waals surface area contributed by atoms with Crippen LogP contribution in [0, 0.1) is 0 Å². The Morgan fingerprint density at radius 1 is 1.21 bits per heavy atom. The molecule has 0 atom stereocenters. The Hall–Kier alpha value is -3.94. The van der Waals surface area contributed by atoms with Crippen LogP contribution in [0.5, 0.6) is 11.5 Å². The Morgan fingerprint density at radius 3 is 2.64 bits per heavy atom. The monoisotopic (exact) mass is 481 g/mol. The first-order valence-electron chi connectivity index (χ1n) is 9.16. The van der Waals surface area contributed by atoms with E-state index in [1.807, 2.05) is 18.2 Å². The van der Waals surface area contributed by atoms with Gasteiger partial charge in [-0.05, 0) is 36.4 Å². The van der Waals surface area contributed by atoms with Crippen LogP contribution in [0.3, 0.4) is 0 Å². The molecule has 10 nitrogen and oxygen atoms in total. The average Bonchev–Trinajstić information content (AvgIpc) is 3.12. The molecule has 174 valence electrons. The fourth-order valence-electron chi connectivity index (χ4n) is 2.45. The lowest BCUT2D eigenvalue weighted by atomic mass is 10.2. The van der Waals surface area contributed by atoms with Crippen molar-refractivity contribution in [3.8, 4) is 11.5 Å². The van der Waals surface area contributed by atoms with Gasteiger partial charge in [0.2, 0.25) is 11.1 Å². The first-order valence-corrected chi connectivity index (χ1v) is 10.1. The van der Waals surface area contributed by atoms with Gasteiger partial charge < -0.3 is 20.6 Å². The predicted octanol–water partition coefficient (Wildman–Crippen LogP) is 3.08. The molecule has 0 saturated heterocycles. The number of alkyl halides is 3. The van der Waals surface area contributed by atoms with Crippen molar-refractivity contribution in [2.45, 2.75) is 11.5 Å². The zero-order valence-corrected chi connectivity index (χ0v) is 17.9. The molecule has 0 unspecified atom stereocenters. The number of benzene rings is 2. The summed E-state index contributed by atoms with van der Waals surface area (Å²) in [5, 5.41) is 14.6. The number of nitrogens with zero attached hydrogens (tertiary/aromatic N) is 4. The lowest BCUT2D eigenvalue weighted by molar-refractivity contribution is -0.274. The zero-order chi connectivity index (χ0) is 23.8. The number of aromatic nitrogens is 3. The van der Waals surface area contributed by atoms with Gasteiger partial charge in [0.15, 0.2) is 0 Å². The van der Waals surface area contributed by atoms with Crippen molar-refractivity contribution in [2.24, 2.45) is 5.10 Å². The Balaban J connectivity index is 1.51. The number of hydrogen-bond acceptors (Lipinski definition) is 9. The highest BCUT2D eigenvalue weighted by atomic mass is 32.2. The van der Waals surface area contributed by atoms with E-state index >= 15 is 0 Å². The van der Waals surface area contributed by atoms with Crippen molar-refractivity contribution in [2.75, 3.05) is 29.4 Å². The van der Waals surface area contributed by atoms with E-state index in [1.54, 1.807) is 13.2 Å². The summed E-state index contributed by atoms with van der Waals surface area (Å²) in [5.41, 5.74) is 3.69. The summed E-state index contributed by atoms with van der Waals surface area (Å²) >= 11 is 1.01. The smallest absolute Gasteiger partial charge is 0.496 e. The number of ether oxygens (including phenoxy) is 2. The van der Waals surface area contributed by atoms with E-state index in [9.17, 15) is 18.0 Å². The van der Waals surface area contributed by atoms with Crippen LogP contribution in [0.1, 0.15) is 5.56 Å². The summed E-state index contributed by atoms with van der Waals surface area (Å²) in [6.45, 7) is 0. The summed E-state index contributed by atoms with van der Waals surface area (Å²) in [5.74, 6) is 5.82. The van der Waals surface area contributed by atoms with Gasteiger partial charge in [0.1, 0.15) is 11.5 Å². The van der Waals surface area contributed by atoms with Crippen molar-refractivity contribution < 1.29 is 27.4 Å². The number of hydrogen-bond donors (Lipinski definition) is 3. The number of halogens is 3. The van der Waals surface area contributed by atoms with Gasteiger partial charge in [-0.2, -0.15) is 5.10 Å². The Kier molecular flexibility index (Phi) is 7.61. The Bertz CT molecular complexity index is 1120. The molecule has 0 aliphatic carbocycles. The maximum Gasteiger partial charge on any atom is 0.573 e. The fourth-order valence-corrected chi connectivity index (χ4v) is 3.11. The van der Waals surface area contributed by atoms with Gasteiger partial charge in [-0.25, -0.2) is 10.1 Å². The highest BCUT2D eigenvalue weighted by Crippen LogP contribution is 2.24. The number of carbonyl (C=O) groups is 1. The second kappa shape index (κ2) is 10.6. The van der Waals surface area contributed by atoms with E-state index in [0.29, 0.717) is 11.4 Å². The molecule has 3 aromatic rings. The Labute approximate surface area is 189 Å². The number of thioether (sulfide) groups is 1. The summed E-state index contributed by atoms with van der Waals surface area (Å²) < 4.78 is 46.7. The van der Waals surface area contributed by atoms with Crippen LogP contribution in [0.4, 0.5) is 24.8 Å².